The molecule has 0 aliphatic rings. The van der Waals surface area contributed by atoms with Gasteiger partial charge >= 0.3 is 12.1 Å². The summed E-state index contributed by atoms with van der Waals surface area (Å²) in [6.45, 7) is 0. The minimum Gasteiger partial charge on any atom is -0.448 e. The van der Waals surface area contributed by atoms with Gasteiger partial charge in [0.05, 0.1) is 5.56 Å². The first-order valence-electron chi connectivity index (χ1n) is 8.22. The molecule has 0 spiro atoms. The molecule has 0 aliphatic carbocycles. The van der Waals surface area contributed by atoms with Crippen LogP contribution in [0.4, 0.5) is 13.2 Å². The Balaban J connectivity index is 3.45. The van der Waals surface area contributed by atoms with Gasteiger partial charge in [-0.25, -0.2) is 4.79 Å². The second kappa shape index (κ2) is 8.56. The lowest BCUT2D eigenvalue weighted by Crippen LogP contribution is -2.40. The number of ether oxygens (including phenoxy) is 1. The second-order valence-corrected chi connectivity index (χ2v) is 7.43. The number of esters is 1. The van der Waals surface area contributed by atoms with Gasteiger partial charge < -0.3 is 4.74 Å². The average Bonchev–Trinajstić information content (AvgIpc) is 2.50. The maximum atomic E-state index is 13.1. The first kappa shape index (κ1) is 22.7. The Bertz CT molecular complexity index is 783. The zero-order valence-corrected chi connectivity index (χ0v) is 15.9. The van der Waals surface area contributed by atoms with Crippen LogP contribution in [0.5, 0.6) is 0 Å². The largest absolute Gasteiger partial charge is 0.448 e. The summed E-state index contributed by atoms with van der Waals surface area (Å²) < 4.78 is 74.2. The molecule has 140 valence electrons. The fourth-order valence-corrected chi connectivity index (χ4v) is 3.61. The Morgan fingerprint density at radius 2 is 1.69 bits per heavy atom. The molecule has 13 heteroatoms. The highest BCUT2D eigenvalue weighted by molar-refractivity contribution is 7.85. The minimum atomic E-state index is -5.12. The summed E-state index contributed by atoms with van der Waals surface area (Å²) in [6, 6.07) is 1.90. The highest BCUT2D eigenvalue weighted by atomic mass is 32.2. The van der Waals surface area contributed by atoms with Crippen LogP contribution in [-0.2, 0) is 33.8 Å². The average molecular weight is 388 g/mol. The van der Waals surface area contributed by atoms with Gasteiger partial charge in [-0.2, -0.15) is 21.6 Å². The van der Waals surface area contributed by atoms with Crippen molar-refractivity contribution < 1.29 is 35.7 Å². The number of hydrogen-bond acceptors (Lipinski definition) is 4. The number of rotatable bonds is 7. The van der Waals surface area contributed by atoms with Gasteiger partial charge in [-0.15, -0.1) is 0 Å². The summed E-state index contributed by atoms with van der Waals surface area (Å²) in [4.78, 5) is 12.6. The zero-order valence-electron chi connectivity index (χ0n) is 15.1. The first-order chi connectivity index (χ1) is 11.9. The smallest absolute Gasteiger partial charge is 0.426 e. The molecular weight excluding hydrogens is 368 g/mol. The van der Waals surface area contributed by atoms with Gasteiger partial charge in [0.1, 0.15) is 37.1 Å². The molecule has 0 fully saturated rings. The van der Waals surface area contributed by atoms with E-state index in [0.29, 0.717) is 30.1 Å². The fraction of sp³-hybridized carbons (Fsp3) is 0.462. The number of benzene rings is 1. The molecule has 1 rings (SSSR count). The molecular formula is C13H19B4F3O5S. The molecule has 0 bridgehead atoms. The molecule has 1 atom stereocenters. The molecule has 5 nitrogen and oxygen atoms in total. The first-order valence-corrected chi connectivity index (χ1v) is 9.83. The standard InChI is InChI=1S/C13H19B4F3O5S/c14-2-6-1-9(17)8(4-16)11(7(6)3-15)12(21)25-10(13(18,19)20)5-26(22,23)24/h1,10H,2-5,14-17H2,(H,22,23,24). The van der Waals surface area contributed by atoms with E-state index in [1.165, 1.54) is 0 Å². The molecule has 0 saturated carbocycles. The molecule has 1 aromatic rings. The van der Waals surface area contributed by atoms with Crippen LogP contribution in [-0.4, -0.2) is 68.4 Å². The number of halogens is 3. The van der Waals surface area contributed by atoms with Crippen molar-refractivity contribution >= 4 is 52.9 Å². The van der Waals surface area contributed by atoms with Crippen LogP contribution in [0.3, 0.4) is 0 Å². The van der Waals surface area contributed by atoms with Crippen LogP contribution < -0.4 is 5.46 Å². The Kier molecular flexibility index (Phi) is 7.47. The summed E-state index contributed by atoms with van der Waals surface area (Å²) in [5, 5.41) is 0. The van der Waals surface area contributed by atoms with Gasteiger partial charge in [0, 0.05) is 0 Å². The number of hydrogen-bond donors (Lipinski definition) is 1. The lowest BCUT2D eigenvalue weighted by molar-refractivity contribution is -0.197. The molecule has 26 heavy (non-hydrogen) atoms. The van der Waals surface area contributed by atoms with Crippen molar-refractivity contribution in [1.29, 1.82) is 0 Å². The number of carbonyl (C=O) groups is 1. The van der Waals surface area contributed by atoms with E-state index in [0.717, 1.165) is 11.0 Å². The van der Waals surface area contributed by atoms with Crippen LogP contribution in [0.15, 0.2) is 6.07 Å². The van der Waals surface area contributed by atoms with Crippen LogP contribution in [0, 0.1) is 0 Å². The fourth-order valence-electron chi connectivity index (χ4n) is 2.97. The zero-order chi connectivity index (χ0) is 20.3. The molecule has 1 N–H and O–H groups in total. The van der Waals surface area contributed by atoms with Crippen molar-refractivity contribution in [1.82, 2.24) is 0 Å². The van der Waals surface area contributed by atoms with Gasteiger partial charge in [-0.1, -0.05) is 36.1 Å². The molecule has 0 aromatic heterocycles. The summed E-state index contributed by atoms with van der Waals surface area (Å²) in [6.07, 6.45) is -6.66. The predicted molar refractivity (Wildman–Crippen MR) is 103 cm³/mol. The quantitative estimate of drug-likeness (QED) is 0.313. The summed E-state index contributed by atoms with van der Waals surface area (Å²) in [5.41, 5.74) is 2.79. The van der Waals surface area contributed by atoms with Crippen molar-refractivity contribution in [3.8, 4) is 0 Å². The molecule has 1 unspecified atom stereocenters. The molecule has 0 aliphatic heterocycles. The molecule has 0 saturated heterocycles. The van der Waals surface area contributed by atoms with E-state index < -0.39 is 34.1 Å². The molecule has 0 heterocycles. The van der Waals surface area contributed by atoms with Crippen LogP contribution in [0.2, 0.25) is 0 Å². The Morgan fingerprint density at radius 1 is 1.15 bits per heavy atom. The minimum absolute atomic E-state index is 0.0523. The number of carbonyl (C=O) groups excluding carboxylic acids is 1. The summed E-state index contributed by atoms with van der Waals surface area (Å²) in [5.74, 6) is -2.97. The lowest BCUT2D eigenvalue weighted by atomic mass is 9.74. The van der Waals surface area contributed by atoms with E-state index >= 15 is 0 Å². The lowest BCUT2D eigenvalue weighted by Gasteiger charge is -2.23. The molecule has 1 aromatic carbocycles. The summed E-state index contributed by atoms with van der Waals surface area (Å²) in [7, 11) is 2.18. The normalized spacial score (nSPS) is 13.4. The Hall–Kier alpha value is -1.35. The van der Waals surface area contributed by atoms with Gasteiger partial charge in [-0.05, 0) is 11.1 Å². The van der Waals surface area contributed by atoms with Crippen molar-refractivity contribution in [3.05, 3.63) is 28.3 Å². The van der Waals surface area contributed by atoms with E-state index in [9.17, 15) is 26.4 Å². The SMILES string of the molecule is BCc1cc(B)c(CB)c(C(=O)OC(CS(=O)(=O)O)C(F)(F)F)c1CB. The Morgan fingerprint density at radius 3 is 2.08 bits per heavy atom. The third-order valence-corrected chi connectivity index (χ3v) is 4.85. The van der Waals surface area contributed by atoms with Crippen molar-refractivity contribution in [2.45, 2.75) is 31.2 Å². The van der Waals surface area contributed by atoms with Gasteiger partial charge in [0.2, 0.25) is 6.10 Å². The van der Waals surface area contributed by atoms with E-state index in [4.69, 9.17) is 4.55 Å². The van der Waals surface area contributed by atoms with E-state index in [2.05, 4.69) is 4.74 Å². The van der Waals surface area contributed by atoms with Gasteiger partial charge in [0.25, 0.3) is 10.1 Å². The third-order valence-electron chi connectivity index (χ3n) is 4.13. The van der Waals surface area contributed by atoms with Crippen molar-refractivity contribution in [2.24, 2.45) is 0 Å². The second-order valence-electron chi connectivity index (χ2n) is 5.93. The van der Waals surface area contributed by atoms with E-state index in [1.807, 2.05) is 13.9 Å². The van der Waals surface area contributed by atoms with Gasteiger partial charge in [-0.3, -0.25) is 4.55 Å². The Labute approximate surface area is 154 Å². The van der Waals surface area contributed by atoms with Crippen molar-refractivity contribution in [3.63, 3.8) is 0 Å². The molecule has 0 radical (unpaired) electrons. The van der Waals surface area contributed by atoms with Crippen LogP contribution in [0.25, 0.3) is 0 Å². The van der Waals surface area contributed by atoms with E-state index in [-0.39, 0.29) is 5.56 Å². The number of alkyl halides is 3. The van der Waals surface area contributed by atoms with Crippen LogP contribution >= 0.6 is 0 Å². The highest BCUT2D eigenvalue weighted by Gasteiger charge is 2.46. The monoisotopic (exact) mass is 388 g/mol. The van der Waals surface area contributed by atoms with Crippen LogP contribution in [0.1, 0.15) is 27.0 Å². The highest BCUT2D eigenvalue weighted by Crippen LogP contribution is 2.27. The maximum absolute atomic E-state index is 13.1. The molecule has 0 amide bonds. The maximum Gasteiger partial charge on any atom is 0.426 e. The predicted octanol–water partition coefficient (Wildman–Crippen LogP) is -2.68. The summed E-state index contributed by atoms with van der Waals surface area (Å²) >= 11 is 0. The van der Waals surface area contributed by atoms with E-state index in [1.54, 1.807) is 23.5 Å². The van der Waals surface area contributed by atoms with Gasteiger partial charge in [0.15, 0.2) is 0 Å². The van der Waals surface area contributed by atoms with Crippen molar-refractivity contribution in [2.75, 3.05) is 5.75 Å². The third kappa shape index (κ3) is 5.57. The topological polar surface area (TPSA) is 80.7 Å².